The van der Waals surface area contributed by atoms with Gasteiger partial charge in [-0.1, -0.05) is 25.1 Å². The average molecular weight is 428 g/mol. The number of nitrogens with zero attached hydrogens (tertiary/aromatic N) is 3. The molecular formula is C25H24N4O3. The quantitative estimate of drug-likeness (QED) is 0.443. The van der Waals surface area contributed by atoms with Gasteiger partial charge in [0, 0.05) is 24.0 Å². The number of ether oxygens (including phenoxy) is 1. The van der Waals surface area contributed by atoms with E-state index in [1.807, 2.05) is 41.0 Å². The Labute approximate surface area is 186 Å². The molecule has 0 aliphatic heterocycles. The van der Waals surface area contributed by atoms with E-state index in [9.17, 15) is 9.59 Å². The van der Waals surface area contributed by atoms with Crippen molar-refractivity contribution in [2.45, 2.75) is 26.7 Å². The normalized spacial score (nSPS) is 10.8. The first-order chi connectivity index (χ1) is 15.6. The molecule has 2 aromatic carbocycles. The van der Waals surface area contributed by atoms with Crippen molar-refractivity contribution in [3.05, 3.63) is 83.8 Å². The van der Waals surface area contributed by atoms with Crippen LogP contribution in [0.25, 0.3) is 16.9 Å². The summed E-state index contributed by atoms with van der Waals surface area (Å²) >= 11 is 0. The first kappa shape index (κ1) is 21.2. The van der Waals surface area contributed by atoms with Crippen LogP contribution in [0.4, 0.5) is 5.69 Å². The van der Waals surface area contributed by atoms with Crippen molar-refractivity contribution < 1.29 is 14.3 Å². The van der Waals surface area contributed by atoms with E-state index in [1.165, 1.54) is 0 Å². The second kappa shape index (κ2) is 9.43. The number of esters is 1. The van der Waals surface area contributed by atoms with Crippen LogP contribution in [0.5, 0.6) is 0 Å². The number of carbonyl (C=O) groups excluding carboxylic acids is 2. The predicted molar refractivity (Wildman–Crippen MR) is 123 cm³/mol. The molecule has 0 spiro atoms. The summed E-state index contributed by atoms with van der Waals surface area (Å²) in [4.78, 5) is 33.5. The number of anilines is 1. The minimum absolute atomic E-state index is 0.164. The van der Waals surface area contributed by atoms with E-state index in [-0.39, 0.29) is 12.3 Å². The largest absolute Gasteiger partial charge is 0.462 e. The van der Waals surface area contributed by atoms with Crippen molar-refractivity contribution in [1.29, 1.82) is 0 Å². The molecule has 2 aromatic heterocycles. The maximum atomic E-state index is 12.5. The van der Waals surface area contributed by atoms with Crippen LogP contribution in [0.15, 0.2) is 66.9 Å². The lowest BCUT2D eigenvalue weighted by Crippen LogP contribution is -2.15. The minimum Gasteiger partial charge on any atom is -0.462 e. The Morgan fingerprint density at radius 2 is 1.84 bits per heavy atom. The fraction of sp³-hybridized carbons (Fsp3) is 0.200. The lowest BCUT2D eigenvalue weighted by atomic mass is 10.1. The second-order valence-electron chi connectivity index (χ2n) is 7.26. The Kier molecular flexibility index (Phi) is 6.26. The number of fused-ring (bicyclic) bond motifs is 1. The van der Waals surface area contributed by atoms with E-state index in [0.717, 1.165) is 34.7 Å². The SMILES string of the molecule is CCOC(=O)c1cccc(NC(=O)Cc2ccc(-n3c(CC)nc4cccnc43)cc2)c1. The summed E-state index contributed by atoms with van der Waals surface area (Å²) in [5.74, 6) is 0.362. The van der Waals surface area contributed by atoms with Gasteiger partial charge in [-0.3, -0.25) is 9.36 Å². The van der Waals surface area contributed by atoms with Crippen molar-refractivity contribution in [2.24, 2.45) is 0 Å². The summed E-state index contributed by atoms with van der Waals surface area (Å²) in [6.07, 6.45) is 2.76. The van der Waals surface area contributed by atoms with Gasteiger partial charge in [0.05, 0.1) is 18.6 Å². The zero-order valence-electron chi connectivity index (χ0n) is 18.0. The van der Waals surface area contributed by atoms with Crippen molar-refractivity contribution >= 4 is 28.7 Å². The highest BCUT2D eigenvalue weighted by Gasteiger charge is 2.13. The van der Waals surface area contributed by atoms with Gasteiger partial charge in [0.2, 0.25) is 5.91 Å². The third kappa shape index (κ3) is 4.51. The van der Waals surface area contributed by atoms with Crippen molar-refractivity contribution in [3.63, 3.8) is 0 Å². The smallest absolute Gasteiger partial charge is 0.338 e. The number of aromatic nitrogens is 3. The van der Waals surface area contributed by atoms with Crippen LogP contribution < -0.4 is 5.32 Å². The Bertz CT molecular complexity index is 1260. The van der Waals surface area contributed by atoms with Crippen molar-refractivity contribution in [3.8, 4) is 5.69 Å². The third-order valence-electron chi connectivity index (χ3n) is 5.02. The number of amides is 1. The number of benzene rings is 2. The van der Waals surface area contributed by atoms with Crippen molar-refractivity contribution in [1.82, 2.24) is 14.5 Å². The molecule has 0 saturated carbocycles. The molecule has 0 aliphatic carbocycles. The molecule has 2 heterocycles. The molecule has 0 unspecified atom stereocenters. The van der Waals surface area contributed by atoms with E-state index in [2.05, 4.69) is 22.2 Å². The van der Waals surface area contributed by atoms with Gasteiger partial charge in [-0.25, -0.2) is 14.8 Å². The molecule has 4 aromatic rings. The van der Waals surface area contributed by atoms with Crippen LogP contribution in [0.2, 0.25) is 0 Å². The van der Waals surface area contributed by atoms with Crippen LogP contribution in [-0.2, 0) is 22.4 Å². The van der Waals surface area contributed by atoms with E-state index in [1.54, 1.807) is 37.4 Å². The number of hydrogen-bond acceptors (Lipinski definition) is 5. The predicted octanol–water partition coefficient (Wildman–Crippen LogP) is 4.34. The molecule has 32 heavy (non-hydrogen) atoms. The summed E-state index contributed by atoms with van der Waals surface area (Å²) in [6, 6.07) is 18.4. The average Bonchev–Trinajstić information content (AvgIpc) is 3.18. The Morgan fingerprint density at radius 1 is 1.03 bits per heavy atom. The zero-order chi connectivity index (χ0) is 22.5. The molecule has 0 radical (unpaired) electrons. The van der Waals surface area contributed by atoms with E-state index in [0.29, 0.717) is 17.9 Å². The Hall–Kier alpha value is -4.00. The van der Waals surface area contributed by atoms with Gasteiger partial charge in [-0.2, -0.15) is 0 Å². The van der Waals surface area contributed by atoms with Gasteiger partial charge in [-0.05, 0) is 55.0 Å². The van der Waals surface area contributed by atoms with Crippen LogP contribution in [0, 0.1) is 0 Å². The first-order valence-electron chi connectivity index (χ1n) is 10.6. The maximum absolute atomic E-state index is 12.5. The van der Waals surface area contributed by atoms with E-state index >= 15 is 0 Å². The van der Waals surface area contributed by atoms with E-state index < -0.39 is 5.97 Å². The van der Waals surface area contributed by atoms with Gasteiger partial charge in [0.25, 0.3) is 0 Å². The molecule has 7 heteroatoms. The summed E-state index contributed by atoms with van der Waals surface area (Å²) in [6.45, 7) is 4.12. The Balaban J connectivity index is 1.47. The number of pyridine rings is 1. The molecular weight excluding hydrogens is 404 g/mol. The molecule has 4 rings (SSSR count). The summed E-state index contributed by atoms with van der Waals surface area (Å²) < 4.78 is 7.05. The van der Waals surface area contributed by atoms with Gasteiger partial charge < -0.3 is 10.1 Å². The van der Waals surface area contributed by atoms with Gasteiger partial charge in [0.15, 0.2) is 5.65 Å². The number of aryl methyl sites for hydroxylation is 1. The van der Waals surface area contributed by atoms with Gasteiger partial charge in [0.1, 0.15) is 11.3 Å². The number of imidazole rings is 1. The fourth-order valence-electron chi connectivity index (χ4n) is 3.56. The molecule has 0 aliphatic rings. The van der Waals surface area contributed by atoms with Crippen LogP contribution in [0.1, 0.15) is 35.6 Å². The molecule has 0 atom stereocenters. The van der Waals surface area contributed by atoms with Gasteiger partial charge in [-0.15, -0.1) is 0 Å². The molecule has 1 amide bonds. The van der Waals surface area contributed by atoms with Crippen LogP contribution >= 0.6 is 0 Å². The third-order valence-corrected chi connectivity index (χ3v) is 5.02. The highest BCUT2D eigenvalue weighted by molar-refractivity contribution is 5.95. The molecule has 0 bridgehead atoms. The second-order valence-corrected chi connectivity index (χ2v) is 7.26. The summed E-state index contributed by atoms with van der Waals surface area (Å²) in [7, 11) is 0. The fourth-order valence-corrected chi connectivity index (χ4v) is 3.56. The molecule has 7 nitrogen and oxygen atoms in total. The standard InChI is InChI=1S/C25H24N4O3/c1-3-22-28-21-9-6-14-26-24(21)29(22)20-12-10-17(11-13-20)15-23(30)27-19-8-5-7-18(16-19)25(31)32-4-2/h5-14,16H,3-4,15H2,1-2H3,(H,27,30). The zero-order valence-corrected chi connectivity index (χ0v) is 18.0. The van der Waals surface area contributed by atoms with Crippen molar-refractivity contribution in [2.75, 3.05) is 11.9 Å². The Morgan fingerprint density at radius 3 is 2.59 bits per heavy atom. The number of hydrogen-bond donors (Lipinski definition) is 1. The highest BCUT2D eigenvalue weighted by atomic mass is 16.5. The monoisotopic (exact) mass is 428 g/mol. The topological polar surface area (TPSA) is 86.1 Å². The summed E-state index contributed by atoms with van der Waals surface area (Å²) in [5, 5.41) is 2.84. The summed E-state index contributed by atoms with van der Waals surface area (Å²) in [5.41, 5.74) is 4.47. The molecule has 162 valence electrons. The van der Waals surface area contributed by atoms with Crippen LogP contribution in [-0.4, -0.2) is 33.0 Å². The molecule has 1 N–H and O–H groups in total. The van der Waals surface area contributed by atoms with Gasteiger partial charge >= 0.3 is 5.97 Å². The molecule has 0 saturated heterocycles. The highest BCUT2D eigenvalue weighted by Crippen LogP contribution is 2.21. The minimum atomic E-state index is -0.410. The lowest BCUT2D eigenvalue weighted by molar-refractivity contribution is -0.115. The van der Waals surface area contributed by atoms with E-state index in [4.69, 9.17) is 4.74 Å². The van der Waals surface area contributed by atoms with Crippen LogP contribution in [0.3, 0.4) is 0 Å². The number of rotatable bonds is 7. The lowest BCUT2D eigenvalue weighted by Gasteiger charge is -2.10. The number of nitrogens with one attached hydrogen (secondary N) is 1. The maximum Gasteiger partial charge on any atom is 0.338 e. The first-order valence-corrected chi connectivity index (χ1v) is 10.6. The molecule has 0 fully saturated rings. The number of carbonyl (C=O) groups is 2.